The van der Waals surface area contributed by atoms with Gasteiger partial charge in [-0.3, -0.25) is 14.4 Å². The van der Waals surface area contributed by atoms with Gasteiger partial charge in [-0.15, -0.1) is 15.3 Å². The molecule has 10 N–H and O–H groups in total. The Hall–Kier alpha value is -8.61. The topological polar surface area (TPSA) is 432 Å². The first-order valence-corrected chi connectivity index (χ1v) is 39.2. The van der Waals surface area contributed by atoms with Gasteiger partial charge >= 0.3 is 5.97 Å². The van der Waals surface area contributed by atoms with Crippen LogP contribution < -0.4 is 5.32 Å². The third kappa shape index (κ3) is 18.2. The van der Waals surface area contributed by atoms with Crippen molar-refractivity contribution in [3.8, 4) is 33.8 Å². The van der Waals surface area contributed by atoms with Crippen LogP contribution in [0.1, 0.15) is 124 Å². The van der Waals surface area contributed by atoms with E-state index < -0.39 is 206 Å². The van der Waals surface area contributed by atoms with E-state index in [0.717, 1.165) is 54.0 Å². The lowest BCUT2D eigenvalue weighted by molar-refractivity contribution is -0.348. The molecular weight excluding hydrogens is 1530 g/mol. The van der Waals surface area contributed by atoms with Crippen molar-refractivity contribution in [2.24, 2.45) is 17.8 Å². The standard InChI is InChI=1S/C79H94F5N11O21/c1-38-24-43(26-47(80)61(38)83)52-35-95(91-88-52)63-66(101)59(36-96)113-77(68(63)103)111-56-32-46(30-53(65(56)100)93-34-51(87-89-93)44-27-48(81)62(84)49(82)28-44)74(106)85-21-12-20-55(98)45-29-54(94-33-50(86-90-94)41-16-8-4-9-17-41)71(116-78-70(105)69(104)64(99)39(2)109-78)57(31-45)112-79-73(115-76(108)42-18-10-5-11-19-42)72(67(102)60(37-97)114-79)110-58(75(107)92-22-13-23-92)25-40-14-6-3-7-15-40/h4-5,8-11,16-19,24,26-28,33-35,39-40,45-46,53-54,56-60,63-73,77-79,96-97,99-105H,3,6-7,12-15,20-23,25,29-32,36-37H2,1-2H3,(H,85,106)/t39?,45?,46-,53?,54+,56+,57+,58-,59?,60-,63+,64+,65?,66-,67-,68?,69-,70?,71?,72?,73?,77+,78-,79+/m0/s1. The number of ether oxygens (including phenoxy) is 8. The third-order valence-electron chi connectivity index (χ3n) is 23.4. The molecule has 4 aromatic carbocycles. The fourth-order valence-electron chi connectivity index (χ4n) is 16.7. The molecule has 7 fully saturated rings. The number of hydrogen-bond acceptors (Lipinski definition) is 27. The lowest BCUT2D eigenvalue weighted by Crippen LogP contribution is -2.64. The lowest BCUT2D eigenvalue weighted by atomic mass is 9.78. The van der Waals surface area contributed by atoms with Gasteiger partial charge in [-0.25, -0.2) is 40.8 Å². The molecule has 4 aliphatic heterocycles. The molecule has 7 aromatic rings. The molecule has 3 saturated carbocycles. The quantitative estimate of drug-likeness (QED) is 0.0151. The summed E-state index contributed by atoms with van der Waals surface area (Å²) in [5, 5.41) is 132. The minimum atomic E-state index is -1.91. The van der Waals surface area contributed by atoms with Crippen molar-refractivity contribution in [2.75, 3.05) is 32.8 Å². The van der Waals surface area contributed by atoms with E-state index in [2.05, 4.69) is 36.3 Å². The van der Waals surface area contributed by atoms with Crippen LogP contribution in [0.25, 0.3) is 33.8 Å². The second-order valence-corrected chi connectivity index (χ2v) is 31.1. The number of carbonyl (C=O) groups excluding carboxylic acids is 4. The highest BCUT2D eigenvalue weighted by Crippen LogP contribution is 2.45. The van der Waals surface area contributed by atoms with Gasteiger partial charge in [-0.2, -0.15) is 0 Å². The maximum absolute atomic E-state index is 15.4. The van der Waals surface area contributed by atoms with Crippen LogP contribution in [-0.4, -0.2) is 269 Å². The molecule has 24 atom stereocenters. The molecule has 7 aliphatic rings. The maximum atomic E-state index is 15.4. The molecule has 116 heavy (non-hydrogen) atoms. The van der Waals surface area contributed by atoms with E-state index in [4.69, 9.17) is 37.9 Å². The van der Waals surface area contributed by atoms with E-state index in [0.29, 0.717) is 36.5 Å². The molecule has 0 spiro atoms. The number of rotatable bonds is 27. The number of ketones is 1. The molecule has 37 heteroatoms. The second-order valence-electron chi connectivity index (χ2n) is 31.1. The fraction of sp³-hybridized carbons (Fsp3) is 0.570. The first kappa shape index (κ1) is 83.9. The highest BCUT2D eigenvalue weighted by molar-refractivity contribution is 5.89. The Morgan fingerprint density at radius 1 is 0.560 bits per heavy atom. The molecule has 4 saturated heterocycles. The minimum absolute atomic E-state index is 0.00919. The number of likely N-dealkylation sites (tertiary alicyclic amines) is 1. The van der Waals surface area contributed by atoms with Gasteiger partial charge in [0.25, 0.3) is 5.91 Å². The first-order valence-electron chi connectivity index (χ1n) is 39.2. The van der Waals surface area contributed by atoms with Crippen molar-refractivity contribution in [1.82, 2.24) is 55.2 Å². The second kappa shape index (κ2) is 36.7. The Bertz CT molecular complexity index is 4490. The molecule has 0 radical (unpaired) electrons. The number of hydrogen-bond donors (Lipinski definition) is 10. The molecule has 32 nitrogen and oxygen atoms in total. The van der Waals surface area contributed by atoms with Gasteiger partial charge < -0.3 is 94.1 Å². The summed E-state index contributed by atoms with van der Waals surface area (Å²) in [6, 6.07) is 16.4. The van der Waals surface area contributed by atoms with Gasteiger partial charge in [0, 0.05) is 54.6 Å². The Labute approximate surface area is 661 Å². The fourth-order valence-corrected chi connectivity index (χ4v) is 16.7. The molecule has 3 aliphatic carbocycles. The van der Waals surface area contributed by atoms with E-state index in [-0.39, 0.29) is 97.0 Å². The normalized spacial score (nSPS) is 32.1. The number of esters is 1. The monoisotopic (exact) mass is 1630 g/mol. The molecule has 2 amide bonds. The summed E-state index contributed by atoms with van der Waals surface area (Å²) in [6.07, 6.45) is -22.7. The number of amides is 2. The van der Waals surface area contributed by atoms with Crippen LogP contribution in [0.2, 0.25) is 0 Å². The Morgan fingerprint density at radius 2 is 1.13 bits per heavy atom. The first-order chi connectivity index (χ1) is 55.8. The minimum Gasteiger partial charge on any atom is -0.450 e. The number of aliphatic hydroxyl groups excluding tert-OH is 9. The predicted octanol–water partition coefficient (Wildman–Crippen LogP) is 3.82. The molecule has 7 heterocycles. The number of halogens is 5. The van der Waals surface area contributed by atoms with E-state index in [1.807, 2.05) is 0 Å². The van der Waals surface area contributed by atoms with Crippen molar-refractivity contribution in [1.29, 1.82) is 0 Å². The molecular formula is C79H94F5N11O21. The number of aryl methyl sites for hydroxylation is 1. The third-order valence-corrected chi connectivity index (χ3v) is 23.4. The summed E-state index contributed by atoms with van der Waals surface area (Å²) in [4.78, 5) is 60.9. The number of benzene rings is 4. The summed E-state index contributed by atoms with van der Waals surface area (Å²) >= 11 is 0. The summed E-state index contributed by atoms with van der Waals surface area (Å²) in [5.41, 5.74) is 0.643. The predicted molar refractivity (Wildman–Crippen MR) is 390 cm³/mol. The van der Waals surface area contributed by atoms with Crippen LogP contribution in [0.5, 0.6) is 0 Å². The highest BCUT2D eigenvalue weighted by Gasteiger charge is 2.56. The average molecular weight is 1630 g/mol. The average Bonchev–Trinajstić information content (AvgIpc) is 0.780. The van der Waals surface area contributed by atoms with Crippen molar-refractivity contribution < 1.29 is 125 Å². The van der Waals surface area contributed by atoms with Crippen LogP contribution in [0.3, 0.4) is 0 Å². The van der Waals surface area contributed by atoms with Crippen molar-refractivity contribution in [2.45, 2.75) is 232 Å². The summed E-state index contributed by atoms with van der Waals surface area (Å²) in [7, 11) is 0. The summed E-state index contributed by atoms with van der Waals surface area (Å²) in [6.45, 7) is 1.78. The summed E-state index contributed by atoms with van der Waals surface area (Å²) in [5.74, 6) is -11.6. The van der Waals surface area contributed by atoms with Crippen LogP contribution in [0.4, 0.5) is 22.0 Å². The van der Waals surface area contributed by atoms with Gasteiger partial charge in [0.2, 0.25) is 5.91 Å². The van der Waals surface area contributed by atoms with Gasteiger partial charge in [0.05, 0.1) is 67.8 Å². The van der Waals surface area contributed by atoms with Crippen LogP contribution in [0.15, 0.2) is 104 Å². The lowest BCUT2D eigenvalue weighted by Gasteiger charge is -2.49. The van der Waals surface area contributed by atoms with E-state index in [1.165, 1.54) is 49.1 Å². The van der Waals surface area contributed by atoms with E-state index >= 15 is 4.79 Å². The van der Waals surface area contributed by atoms with Crippen molar-refractivity contribution >= 4 is 23.6 Å². The van der Waals surface area contributed by atoms with Crippen LogP contribution >= 0.6 is 0 Å². The highest BCUT2D eigenvalue weighted by atomic mass is 19.2. The zero-order valence-corrected chi connectivity index (χ0v) is 63.3. The van der Waals surface area contributed by atoms with Gasteiger partial charge in [-0.05, 0) is 107 Å². The molecule has 626 valence electrons. The molecule has 0 bridgehead atoms. The SMILES string of the molecule is Cc1cc(-c2cn([C@H]3C(O)[C@H](O[C@@H]4C[C@@H](C(=O)NCCCC(=O)C5C[C@@H](n6cc(-c7ccccc7)nn6)C(O[C@@H]6OC(C)[C@@H](O)[C@H](O)C6O)[C@H](O[C@@H]6O[C@@H](CO)[C@H](O)C(O[C@@H](CC7CCCCC7)C(=O)N7CCC7)C6OC(=O)c6ccccc6)C5)CC(n5cc(-c6cc(F)c(F)c(F)c6)nn5)C4O)OC(CO)[C@@H]3O)nn2)cc(F)c1F. The zero-order valence-electron chi connectivity index (χ0n) is 63.3. The smallest absolute Gasteiger partial charge is 0.338 e. The Morgan fingerprint density at radius 3 is 1.78 bits per heavy atom. The van der Waals surface area contributed by atoms with Gasteiger partial charge in [-0.1, -0.05) is 96.3 Å². The molecule has 10 unspecified atom stereocenters. The van der Waals surface area contributed by atoms with E-state index in [9.17, 15) is 82.3 Å². The van der Waals surface area contributed by atoms with Gasteiger partial charge in [0.15, 0.2) is 54.1 Å². The maximum Gasteiger partial charge on any atom is 0.338 e. The van der Waals surface area contributed by atoms with Crippen LogP contribution in [-0.2, 0) is 52.3 Å². The number of nitrogens with one attached hydrogen (secondary N) is 1. The number of carbonyl (C=O) groups is 4. The zero-order chi connectivity index (χ0) is 81.9. The van der Waals surface area contributed by atoms with Crippen molar-refractivity contribution in [3.63, 3.8) is 0 Å². The van der Waals surface area contributed by atoms with E-state index in [1.54, 1.807) is 59.6 Å². The molecule has 3 aromatic heterocycles. The number of Topliss-reactive ketones (excluding diaryl/α,β-unsaturated/α-hetero) is 1. The number of nitrogens with zero attached hydrogens (tertiary/aromatic N) is 10. The number of aliphatic hydroxyl groups is 9. The van der Waals surface area contributed by atoms with Crippen LogP contribution in [0, 0.1) is 53.8 Å². The largest absolute Gasteiger partial charge is 0.450 e. The van der Waals surface area contributed by atoms with Gasteiger partial charge in [0.1, 0.15) is 102 Å². The Kier molecular flexibility index (Phi) is 26.5. The number of aromatic nitrogens is 9. The Balaban J connectivity index is 0.749. The molecule has 14 rings (SSSR count). The summed E-state index contributed by atoms with van der Waals surface area (Å²) < 4.78 is 128. The van der Waals surface area contributed by atoms with Crippen molar-refractivity contribution in [3.05, 3.63) is 144 Å².